The first-order valence-electron chi connectivity index (χ1n) is 14.9. The molecule has 8 nitrogen and oxygen atoms in total. The molecule has 12 heteroatoms. The van der Waals surface area contributed by atoms with Crippen LogP contribution in [0.1, 0.15) is 36.0 Å². The first-order chi connectivity index (χ1) is 22.0. The minimum atomic E-state index is -4.48. The summed E-state index contributed by atoms with van der Waals surface area (Å²) in [6.07, 6.45) is 1.37. The molecule has 0 bridgehead atoms. The number of fused-ring (bicyclic) bond motifs is 1. The normalized spacial score (nSPS) is 14.2. The summed E-state index contributed by atoms with van der Waals surface area (Å²) in [4.78, 5) is 31.4. The monoisotopic (exact) mass is 638 g/mol. The van der Waals surface area contributed by atoms with Crippen LogP contribution >= 0.6 is 0 Å². The SMILES string of the molecule is COc1cc2c(Oc3ccc(NC(=O)C(=O)NCc4ccc(C(F)(F)F)cc4)cc3F)ccnc2cc1CCC1CCN(C)CC1. The molecular weight excluding hydrogens is 604 g/mol. The Kier molecular flexibility index (Phi) is 10.1. The molecule has 1 aliphatic heterocycles. The number of anilines is 1. The zero-order valence-electron chi connectivity index (χ0n) is 25.4. The maximum absolute atomic E-state index is 15.1. The number of hydrogen-bond acceptors (Lipinski definition) is 6. The quantitative estimate of drug-likeness (QED) is 0.156. The lowest BCUT2D eigenvalue weighted by molar-refractivity contribution is -0.137. The molecule has 1 aromatic heterocycles. The zero-order valence-corrected chi connectivity index (χ0v) is 25.4. The molecule has 5 rings (SSSR count). The number of alkyl halides is 3. The van der Waals surface area contributed by atoms with Crippen molar-refractivity contribution in [3.63, 3.8) is 0 Å². The van der Waals surface area contributed by atoms with Gasteiger partial charge in [0.2, 0.25) is 0 Å². The van der Waals surface area contributed by atoms with Crippen LogP contribution in [-0.2, 0) is 28.7 Å². The molecule has 4 aromatic rings. The fraction of sp³-hybridized carbons (Fsp3) is 0.324. The summed E-state index contributed by atoms with van der Waals surface area (Å²) in [5.74, 6) is -1.27. The minimum Gasteiger partial charge on any atom is -0.496 e. The Morgan fingerprint density at radius 2 is 1.70 bits per heavy atom. The largest absolute Gasteiger partial charge is 0.496 e. The number of piperidine rings is 1. The number of nitrogens with one attached hydrogen (secondary N) is 2. The Balaban J connectivity index is 1.21. The maximum atomic E-state index is 15.1. The van der Waals surface area contributed by atoms with Gasteiger partial charge in [0.15, 0.2) is 11.6 Å². The molecule has 0 spiro atoms. The van der Waals surface area contributed by atoms with Crippen molar-refractivity contribution in [2.75, 3.05) is 32.6 Å². The van der Waals surface area contributed by atoms with Crippen molar-refractivity contribution >= 4 is 28.4 Å². The van der Waals surface area contributed by atoms with Crippen LogP contribution in [0.3, 0.4) is 0 Å². The van der Waals surface area contributed by atoms with E-state index in [1.165, 1.54) is 37.1 Å². The van der Waals surface area contributed by atoms with Crippen LogP contribution in [0.5, 0.6) is 17.2 Å². The lowest BCUT2D eigenvalue weighted by atomic mass is 9.90. The third-order valence-electron chi connectivity index (χ3n) is 8.11. The molecular formula is C34H34F4N4O4. The number of rotatable bonds is 9. The number of carbonyl (C=O) groups is 2. The van der Waals surface area contributed by atoms with E-state index in [0.717, 1.165) is 49.7 Å². The molecule has 0 atom stereocenters. The van der Waals surface area contributed by atoms with Gasteiger partial charge in [-0.15, -0.1) is 0 Å². The number of ether oxygens (including phenoxy) is 2. The van der Waals surface area contributed by atoms with Gasteiger partial charge in [0.05, 0.1) is 18.2 Å². The topological polar surface area (TPSA) is 92.8 Å². The third-order valence-corrected chi connectivity index (χ3v) is 8.11. The van der Waals surface area contributed by atoms with E-state index in [1.54, 1.807) is 19.4 Å². The summed E-state index contributed by atoms with van der Waals surface area (Å²) in [5.41, 5.74) is 1.29. The number of hydrogen-bond donors (Lipinski definition) is 2. The standard InChI is InChI=1S/C34H34F4N4O4/c1-42-15-12-21(13-16-42)3-6-23-17-28-26(19-31(23)45-2)29(11-14-39-28)46-30-10-9-25(18-27(30)35)41-33(44)32(43)40-20-22-4-7-24(8-5-22)34(36,37)38/h4-5,7-11,14,17-19,21H,3,6,12-13,15-16,20H2,1-2H3,(H,40,43)(H,41,44). The van der Waals surface area contributed by atoms with E-state index < -0.39 is 29.4 Å². The maximum Gasteiger partial charge on any atom is 0.416 e. The second-order valence-corrected chi connectivity index (χ2v) is 11.4. The van der Waals surface area contributed by atoms with E-state index in [2.05, 4.69) is 27.6 Å². The number of halogens is 4. The summed E-state index contributed by atoms with van der Waals surface area (Å²) in [7, 11) is 3.76. The fourth-order valence-electron chi connectivity index (χ4n) is 5.42. The average Bonchev–Trinajstić information content (AvgIpc) is 3.04. The van der Waals surface area contributed by atoms with Crippen LogP contribution in [0.2, 0.25) is 0 Å². The summed E-state index contributed by atoms with van der Waals surface area (Å²) in [5, 5.41) is 5.27. The number of pyridine rings is 1. The third kappa shape index (κ3) is 8.11. The van der Waals surface area contributed by atoms with E-state index in [1.807, 2.05) is 12.1 Å². The summed E-state index contributed by atoms with van der Waals surface area (Å²) in [6.45, 7) is 2.04. The van der Waals surface area contributed by atoms with Crippen LogP contribution in [0.4, 0.5) is 23.2 Å². The highest BCUT2D eigenvalue weighted by atomic mass is 19.4. The average molecular weight is 639 g/mol. The number of amides is 2. The fourth-order valence-corrected chi connectivity index (χ4v) is 5.42. The highest BCUT2D eigenvalue weighted by Gasteiger charge is 2.30. The van der Waals surface area contributed by atoms with Gasteiger partial charge in [-0.1, -0.05) is 12.1 Å². The number of nitrogens with zero attached hydrogens (tertiary/aromatic N) is 2. The van der Waals surface area contributed by atoms with E-state index in [0.29, 0.717) is 33.9 Å². The number of aryl methyl sites for hydroxylation is 1. The van der Waals surface area contributed by atoms with Gasteiger partial charge in [0, 0.05) is 29.9 Å². The van der Waals surface area contributed by atoms with Crippen molar-refractivity contribution < 1.29 is 36.6 Å². The molecule has 1 fully saturated rings. The molecule has 1 aliphatic rings. The van der Waals surface area contributed by atoms with Gasteiger partial charge in [-0.2, -0.15) is 13.2 Å². The Morgan fingerprint density at radius 3 is 2.37 bits per heavy atom. The molecule has 242 valence electrons. The molecule has 0 aliphatic carbocycles. The van der Waals surface area contributed by atoms with Gasteiger partial charge in [0.1, 0.15) is 11.5 Å². The smallest absolute Gasteiger partial charge is 0.416 e. The summed E-state index contributed by atoms with van der Waals surface area (Å²) >= 11 is 0. The molecule has 0 saturated carbocycles. The molecule has 0 unspecified atom stereocenters. The number of benzene rings is 3. The lowest BCUT2D eigenvalue weighted by Crippen LogP contribution is -2.35. The zero-order chi connectivity index (χ0) is 32.8. The van der Waals surface area contributed by atoms with Crippen molar-refractivity contribution in [1.29, 1.82) is 0 Å². The first-order valence-corrected chi connectivity index (χ1v) is 14.9. The van der Waals surface area contributed by atoms with E-state index in [9.17, 15) is 22.8 Å². The van der Waals surface area contributed by atoms with Crippen molar-refractivity contribution in [3.05, 3.63) is 89.4 Å². The molecule has 0 radical (unpaired) electrons. The van der Waals surface area contributed by atoms with Crippen LogP contribution in [0, 0.1) is 11.7 Å². The number of carbonyl (C=O) groups excluding carboxylic acids is 2. The molecule has 2 N–H and O–H groups in total. The number of likely N-dealkylation sites (tertiary alicyclic amines) is 1. The van der Waals surface area contributed by atoms with Crippen molar-refractivity contribution in [3.8, 4) is 17.2 Å². The van der Waals surface area contributed by atoms with Gasteiger partial charge < -0.3 is 25.0 Å². The van der Waals surface area contributed by atoms with Crippen LogP contribution in [0.15, 0.2) is 66.9 Å². The van der Waals surface area contributed by atoms with Crippen molar-refractivity contribution in [2.24, 2.45) is 5.92 Å². The molecule has 2 amide bonds. The van der Waals surface area contributed by atoms with Crippen LogP contribution in [0.25, 0.3) is 10.9 Å². The predicted molar refractivity (Wildman–Crippen MR) is 165 cm³/mol. The summed E-state index contributed by atoms with van der Waals surface area (Å²) in [6, 6.07) is 13.3. The van der Waals surface area contributed by atoms with Gasteiger partial charge in [-0.3, -0.25) is 14.6 Å². The van der Waals surface area contributed by atoms with Crippen LogP contribution in [-0.4, -0.2) is 48.9 Å². The van der Waals surface area contributed by atoms with E-state index in [4.69, 9.17) is 9.47 Å². The second kappa shape index (κ2) is 14.2. The van der Waals surface area contributed by atoms with Gasteiger partial charge in [0.25, 0.3) is 0 Å². The Labute approximate surface area is 263 Å². The van der Waals surface area contributed by atoms with Gasteiger partial charge in [-0.05, 0) is 105 Å². The minimum absolute atomic E-state index is 0.00929. The Bertz CT molecular complexity index is 1700. The van der Waals surface area contributed by atoms with Crippen molar-refractivity contribution in [1.82, 2.24) is 15.2 Å². The Morgan fingerprint density at radius 1 is 0.957 bits per heavy atom. The van der Waals surface area contributed by atoms with Crippen molar-refractivity contribution in [2.45, 2.75) is 38.4 Å². The molecule has 2 heterocycles. The van der Waals surface area contributed by atoms with Gasteiger partial charge >= 0.3 is 18.0 Å². The molecule has 46 heavy (non-hydrogen) atoms. The first kappa shape index (κ1) is 32.7. The highest BCUT2D eigenvalue weighted by Crippen LogP contribution is 2.36. The van der Waals surface area contributed by atoms with E-state index >= 15 is 4.39 Å². The van der Waals surface area contributed by atoms with Gasteiger partial charge in [-0.25, -0.2) is 4.39 Å². The van der Waals surface area contributed by atoms with E-state index in [-0.39, 0.29) is 18.0 Å². The molecule has 1 saturated heterocycles. The second-order valence-electron chi connectivity index (χ2n) is 11.4. The number of aromatic nitrogens is 1. The lowest BCUT2D eigenvalue weighted by Gasteiger charge is -2.29. The highest BCUT2D eigenvalue weighted by molar-refractivity contribution is 6.39. The molecule has 3 aromatic carbocycles. The van der Waals surface area contributed by atoms with Crippen LogP contribution < -0.4 is 20.1 Å². The summed E-state index contributed by atoms with van der Waals surface area (Å²) < 4.78 is 64.9. The predicted octanol–water partition coefficient (Wildman–Crippen LogP) is 6.72. The number of methoxy groups -OCH3 is 1. The Hall–Kier alpha value is -4.71.